The summed E-state index contributed by atoms with van der Waals surface area (Å²) in [6.07, 6.45) is 0.728. The molecule has 66 valence electrons. The lowest BCUT2D eigenvalue weighted by molar-refractivity contribution is 0.470. The monoisotopic (exact) mass is 204 g/mol. The molecule has 0 amide bonds. The van der Waals surface area contributed by atoms with E-state index < -0.39 is 0 Å². The zero-order valence-corrected chi connectivity index (χ0v) is 8.50. The Bertz CT molecular complexity index is 308. The van der Waals surface area contributed by atoms with Crippen LogP contribution < -0.4 is 0 Å². The third-order valence-corrected chi connectivity index (χ3v) is 2.58. The van der Waals surface area contributed by atoms with Crippen molar-refractivity contribution >= 4 is 23.2 Å². The highest BCUT2D eigenvalue weighted by atomic mass is 35.5. The minimum absolute atomic E-state index is 0.137. The van der Waals surface area contributed by atoms with Gasteiger partial charge < -0.3 is 5.11 Å². The second kappa shape index (κ2) is 3.55. The van der Waals surface area contributed by atoms with Gasteiger partial charge in [0.1, 0.15) is 5.75 Å². The normalized spacial score (nSPS) is 10.3. The van der Waals surface area contributed by atoms with Crippen LogP contribution in [-0.2, 0) is 6.42 Å². The molecular formula is C9H10Cl2O. The van der Waals surface area contributed by atoms with E-state index in [1.54, 1.807) is 13.0 Å². The van der Waals surface area contributed by atoms with Gasteiger partial charge in [0.2, 0.25) is 0 Å². The third kappa shape index (κ3) is 1.52. The van der Waals surface area contributed by atoms with Crippen LogP contribution in [0.15, 0.2) is 6.07 Å². The van der Waals surface area contributed by atoms with Crippen molar-refractivity contribution in [3.8, 4) is 5.75 Å². The van der Waals surface area contributed by atoms with Crippen LogP contribution >= 0.6 is 23.2 Å². The number of aromatic hydroxyl groups is 1. The summed E-state index contributed by atoms with van der Waals surface area (Å²) < 4.78 is 0. The molecule has 1 aromatic rings. The fourth-order valence-electron chi connectivity index (χ4n) is 1.09. The van der Waals surface area contributed by atoms with E-state index in [0.717, 1.165) is 12.0 Å². The van der Waals surface area contributed by atoms with Gasteiger partial charge in [0.15, 0.2) is 0 Å². The Labute approximate surface area is 81.9 Å². The maximum Gasteiger partial charge on any atom is 0.137 e. The molecule has 1 N–H and O–H groups in total. The molecule has 1 rings (SSSR count). The minimum Gasteiger partial charge on any atom is -0.506 e. The fourth-order valence-corrected chi connectivity index (χ4v) is 1.92. The van der Waals surface area contributed by atoms with Gasteiger partial charge in [-0.15, -0.1) is 0 Å². The van der Waals surface area contributed by atoms with Gasteiger partial charge >= 0.3 is 0 Å². The van der Waals surface area contributed by atoms with Crippen LogP contribution in [0.25, 0.3) is 0 Å². The predicted octanol–water partition coefficient (Wildman–Crippen LogP) is 3.57. The Morgan fingerprint density at radius 3 is 2.50 bits per heavy atom. The van der Waals surface area contributed by atoms with Gasteiger partial charge in [-0.25, -0.2) is 0 Å². The van der Waals surface area contributed by atoms with E-state index in [0.29, 0.717) is 15.6 Å². The Balaban J connectivity index is 3.40. The molecule has 0 saturated heterocycles. The summed E-state index contributed by atoms with van der Waals surface area (Å²) in [5, 5.41) is 10.5. The van der Waals surface area contributed by atoms with Crippen molar-refractivity contribution in [1.29, 1.82) is 0 Å². The Kier molecular flexibility index (Phi) is 2.86. The quantitative estimate of drug-likeness (QED) is 0.742. The maximum absolute atomic E-state index is 9.45. The predicted molar refractivity (Wildman–Crippen MR) is 52.2 cm³/mol. The van der Waals surface area contributed by atoms with Gasteiger partial charge in [0.25, 0.3) is 0 Å². The lowest BCUT2D eigenvalue weighted by atomic mass is 10.1. The number of benzene rings is 1. The van der Waals surface area contributed by atoms with Gasteiger partial charge in [-0.05, 0) is 30.5 Å². The highest BCUT2D eigenvalue weighted by Crippen LogP contribution is 2.35. The number of aryl methyl sites for hydroxylation is 1. The van der Waals surface area contributed by atoms with Gasteiger partial charge in [0, 0.05) is 5.02 Å². The van der Waals surface area contributed by atoms with Crippen molar-refractivity contribution in [1.82, 2.24) is 0 Å². The van der Waals surface area contributed by atoms with Gasteiger partial charge in [-0.2, -0.15) is 0 Å². The fraction of sp³-hybridized carbons (Fsp3) is 0.333. The summed E-state index contributed by atoms with van der Waals surface area (Å²) in [4.78, 5) is 0. The molecule has 0 aliphatic rings. The van der Waals surface area contributed by atoms with E-state index in [2.05, 4.69) is 0 Å². The van der Waals surface area contributed by atoms with E-state index in [9.17, 15) is 5.11 Å². The second-order valence-corrected chi connectivity index (χ2v) is 3.46. The van der Waals surface area contributed by atoms with Crippen LogP contribution in [0.1, 0.15) is 18.1 Å². The molecule has 0 saturated carbocycles. The summed E-state index contributed by atoms with van der Waals surface area (Å²) in [5.74, 6) is 0.137. The molecule has 1 aromatic carbocycles. The van der Waals surface area contributed by atoms with E-state index >= 15 is 0 Å². The largest absolute Gasteiger partial charge is 0.506 e. The van der Waals surface area contributed by atoms with Crippen LogP contribution in [0.2, 0.25) is 10.0 Å². The molecule has 0 fully saturated rings. The first-order valence-electron chi connectivity index (χ1n) is 3.74. The molecule has 0 unspecified atom stereocenters. The molecule has 0 bridgehead atoms. The van der Waals surface area contributed by atoms with Crippen molar-refractivity contribution < 1.29 is 5.11 Å². The first-order chi connectivity index (χ1) is 5.57. The highest BCUT2D eigenvalue weighted by Gasteiger charge is 2.10. The van der Waals surface area contributed by atoms with E-state index in [1.165, 1.54) is 0 Å². The average molecular weight is 205 g/mol. The zero-order valence-electron chi connectivity index (χ0n) is 6.99. The van der Waals surface area contributed by atoms with Crippen LogP contribution in [0.4, 0.5) is 0 Å². The number of halogens is 2. The topological polar surface area (TPSA) is 20.2 Å². The molecule has 0 spiro atoms. The lowest BCUT2D eigenvalue weighted by Gasteiger charge is -2.08. The first kappa shape index (κ1) is 9.69. The van der Waals surface area contributed by atoms with E-state index in [-0.39, 0.29) is 5.75 Å². The molecule has 3 heteroatoms. The highest BCUT2D eigenvalue weighted by molar-refractivity contribution is 6.37. The SMILES string of the molecule is CCc1c(Cl)cc(C)c(O)c1Cl. The molecule has 0 radical (unpaired) electrons. The van der Waals surface area contributed by atoms with Crippen LogP contribution in [0.5, 0.6) is 5.75 Å². The van der Waals surface area contributed by atoms with Crippen molar-refractivity contribution in [3.63, 3.8) is 0 Å². The Morgan fingerprint density at radius 2 is 2.00 bits per heavy atom. The summed E-state index contributed by atoms with van der Waals surface area (Å²) in [6.45, 7) is 3.72. The molecule has 0 aliphatic heterocycles. The Hall–Kier alpha value is -0.400. The number of phenolic OH excluding ortho intramolecular Hbond substituents is 1. The van der Waals surface area contributed by atoms with Crippen molar-refractivity contribution in [2.75, 3.05) is 0 Å². The van der Waals surface area contributed by atoms with Crippen LogP contribution in [-0.4, -0.2) is 5.11 Å². The summed E-state index contributed by atoms with van der Waals surface area (Å²) in [7, 11) is 0. The molecule has 0 atom stereocenters. The molecule has 1 nitrogen and oxygen atoms in total. The van der Waals surface area contributed by atoms with Crippen molar-refractivity contribution in [2.45, 2.75) is 20.3 Å². The zero-order chi connectivity index (χ0) is 9.30. The second-order valence-electron chi connectivity index (χ2n) is 2.67. The minimum atomic E-state index is 0.137. The number of phenols is 1. The molecule has 0 heterocycles. The van der Waals surface area contributed by atoms with Crippen LogP contribution in [0, 0.1) is 6.92 Å². The molecule has 12 heavy (non-hydrogen) atoms. The van der Waals surface area contributed by atoms with Crippen LogP contribution in [0.3, 0.4) is 0 Å². The maximum atomic E-state index is 9.45. The van der Waals surface area contributed by atoms with Gasteiger partial charge in [-0.1, -0.05) is 30.1 Å². The summed E-state index contributed by atoms with van der Waals surface area (Å²) in [6, 6.07) is 1.72. The van der Waals surface area contributed by atoms with Crippen molar-refractivity contribution in [3.05, 3.63) is 27.2 Å². The number of rotatable bonds is 1. The first-order valence-corrected chi connectivity index (χ1v) is 4.50. The standard InChI is InChI=1S/C9H10Cl2O/c1-3-6-7(10)4-5(2)9(12)8(6)11/h4,12H,3H2,1-2H3. The number of hydrogen-bond donors (Lipinski definition) is 1. The Morgan fingerprint density at radius 1 is 1.42 bits per heavy atom. The van der Waals surface area contributed by atoms with Gasteiger partial charge in [-0.3, -0.25) is 0 Å². The molecule has 0 aliphatic carbocycles. The molecule has 0 aromatic heterocycles. The molecular weight excluding hydrogens is 195 g/mol. The summed E-state index contributed by atoms with van der Waals surface area (Å²) in [5.41, 5.74) is 1.52. The smallest absolute Gasteiger partial charge is 0.137 e. The average Bonchev–Trinajstić information content (AvgIpc) is 2.01. The third-order valence-electron chi connectivity index (χ3n) is 1.83. The summed E-state index contributed by atoms with van der Waals surface area (Å²) >= 11 is 11.8. The van der Waals surface area contributed by atoms with E-state index in [1.807, 2.05) is 6.92 Å². The van der Waals surface area contributed by atoms with Crippen molar-refractivity contribution in [2.24, 2.45) is 0 Å². The number of hydrogen-bond acceptors (Lipinski definition) is 1. The van der Waals surface area contributed by atoms with E-state index in [4.69, 9.17) is 23.2 Å². The lowest BCUT2D eigenvalue weighted by Crippen LogP contribution is -1.87. The van der Waals surface area contributed by atoms with Gasteiger partial charge in [0.05, 0.1) is 5.02 Å².